The average molecular weight is 348 g/mol. The quantitative estimate of drug-likeness (QED) is 0.310. The monoisotopic (exact) mass is 348 g/mol. The predicted molar refractivity (Wildman–Crippen MR) is 118 cm³/mol. The minimum absolute atomic E-state index is 0.214. The van der Waals surface area contributed by atoms with Crippen LogP contribution in [0, 0.1) is 5.41 Å². The predicted octanol–water partition coefficient (Wildman–Crippen LogP) is 7.65. The molecule has 0 spiro atoms. The third kappa shape index (κ3) is 2.68. The lowest BCUT2D eigenvalue weighted by Crippen LogP contribution is -2.08. The van der Waals surface area contributed by atoms with E-state index in [1.165, 1.54) is 49.4 Å². The number of allylic oxidation sites excluding steroid dienone is 1. The SMILES string of the molecule is CC(C)(C)C1=Cc2c(cccc2-c2cccc3cc4ccccc4cc23)C1. The number of hydrogen-bond acceptors (Lipinski definition) is 0. The minimum Gasteiger partial charge on any atom is -0.0616 e. The first-order chi connectivity index (χ1) is 13.0. The number of benzene rings is 4. The van der Waals surface area contributed by atoms with E-state index in [1.807, 2.05) is 0 Å². The summed E-state index contributed by atoms with van der Waals surface area (Å²) >= 11 is 0. The molecule has 4 aromatic rings. The first-order valence-corrected chi connectivity index (χ1v) is 9.75. The number of rotatable bonds is 1. The van der Waals surface area contributed by atoms with Gasteiger partial charge in [0.1, 0.15) is 0 Å². The summed E-state index contributed by atoms with van der Waals surface area (Å²) < 4.78 is 0. The van der Waals surface area contributed by atoms with Gasteiger partial charge in [-0.1, -0.05) is 93.1 Å². The van der Waals surface area contributed by atoms with Crippen LogP contribution in [-0.4, -0.2) is 0 Å². The van der Waals surface area contributed by atoms with Crippen LogP contribution in [-0.2, 0) is 6.42 Å². The van der Waals surface area contributed by atoms with E-state index in [4.69, 9.17) is 0 Å². The first-order valence-electron chi connectivity index (χ1n) is 9.75. The summed E-state index contributed by atoms with van der Waals surface area (Å²) in [6.45, 7) is 6.94. The molecule has 0 heteroatoms. The zero-order chi connectivity index (χ0) is 18.6. The van der Waals surface area contributed by atoms with Gasteiger partial charge in [0.2, 0.25) is 0 Å². The highest BCUT2D eigenvalue weighted by Crippen LogP contribution is 2.42. The molecule has 0 unspecified atom stereocenters. The lowest BCUT2D eigenvalue weighted by atomic mass is 9.85. The van der Waals surface area contributed by atoms with E-state index in [-0.39, 0.29) is 5.41 Å². The third-order valence-electron chi connectivity index (χ3n) is 5.90. The van der Waals surface area contributed by atoms with Crippen molar-refractivity contribution in [1.82, 2.24) is 0 Å². The topological polar surface area (TPSA) is 0 Å². The second-order valence-corrected chi connectivity index (χ2v) is 8.70. The van der Waals surface area contributed by atoms with Crippen LogP contribution in [0.4, 0.5) is 0 Å². The Morgan fingerprint density at radius 1 is 0.667 bits per heavy atom. The molecule has 1 aliphatic carbocycles. The second-order valence-electron chi connectivity index (χ2n) is 8.70. The zero-order valence-corrected chi connectivity index (χ0v) is 16.2. The van der Waals surface area contributed by atoms with Gasteiger partial charge < -0.3 is 0 Å². The van der Waals surface area contributed by atoms with Crippen LogP contribution in [0.1, 0.15) is 31.9 Å². The van der Waals surface area contributed by atoms with Gasteiger partial charge in [0.25, 0.3) is 0 Å². The molecule has 0 N–H and O–H groups in total. The fraction of sp³-hybridized carbons (Fsp3) is 0.185. The average Bonchev–Trinajstić information content (AvgIpc) is 3.11. The Labute approximate surface area is 161 Å². The normalized spacial score (nSPS) is 13.8. The van der Waals surface area contributed by atoms with Gasteiger partial charge in [0, 0.05) is 0 Å². The van der Waals surface area contributed by atoms with Crippen LogP contribution < -0.4 is 0 Å². The van der Waals surface area contributed by atoms with Crippen molar-refractivity contribution in [2.24, 2.45) is 5.41 Å². The smallest absolute Gasteiger partial charge is 0.00523 e. The Morgan fingerprint density at radius 3 is 2.11 bits per heavy atom. The van der Waals surface area contributed by atoms with Crippen LogP contribution in [0.2, 0.25) is 0 Å². The summed E-state index contributed by atoms with van der Waals surface area (Å²) in [5.41, 5.74) is 7.29. The van der Waals surface area contributed by atoms with Gasteiger partial charge in [0.05, 0.1) is 0 Å². The molecule has 0 aromatic heterocycles. The molecule has 0 radical (unpaired) electrons. The summed E-state index contributed by atoms with van der Waals surface area (Å²) in [7, 11) is 0. The Bertz CT molecular complexity index is 1220. The van der Waals surface area contributed by atoms with Gasteiger partial charge in [-0.2, -0.15) is 0 Å². The molecule has 27 heavy (non-hydrogen) atoms. The van der Waals surface area contributed by atoms with Crippen molar-refractivity contribution >= 4 is 27.6 Å². The maximum atomic E-state index is 2.44. The highest BCUT2D eigenvalue weighted by atomic mass is 14.3. The van der Waals surface area contributed by atoms with Crippen LogP contribution in [0.25, 0.3) is 38.7 Å². The molecule has 0 nitrogen and oxygen atoms in total. The van der Waals surface area contributed by atoms with Gasteiger partial charge in [-0.25, -0.2) is 0 Å². The van der Waals surface area contributed by atoms with E-state index in [9.17, 15) is 0 Å². The molecule has 0 heterocycles. The van der Waals surface area contributed by atoms with E-state index in [2.05, 4.69) is 99.6 Å². The van der Waals surface area contributed by atoms with Crippen molar-refractivity contribution in [3.8, 4) is 11.1 Å². The Balaban J connectivity index is 1.78. The lowest BCUT2D eigenvalue weighted by Gasteiger charge is -2.19. The van der Waals surface area contributed by atoms with E-state index >= 15 is 0 Å². The van der Waals surface area contributed by atoms with Crippen molar-refractivity contribution in [3.63, 3.8) is 0 Å². The molecule has 0 saturated heterocycles. The van der Waals surface area contributed by atoms with Crippen LogP contribution in [0.15, 0.2) is 78.4 Å². The molecule has 0 bridgehead atoms. The van der Waals surface area contributed by atoms with Crippen LogP contribution in [0.3, 0.4) is 0 Å². The molecule has 0 saturated carbocycles. The fourth-order valence-corrected chi connectivity index (χ4v) is 4.29. The molecule has 4 aromatic carbocycles. The molecule has 0 fully saturated rings. The van der Waals surface area contributed by atoms with Gasteiger partial charge >= 0.3 is 0 Å². The maximum absolute atomic E-state index is 2.44. The van der Waals surface area contributed by atoms with Gasteiger partial charge in [0.15, 0.2) is 0 Å². The Hall–Kier alpha value is -2.86. The highest BCUT2D eigenvalue weighted by molar-refractivity contribution is 6.06. The summed E-state index contributed by atoms with van der Waals surface area (Å²) in [5.74, 6) is 0. The Kier molecular flexibility index (Phi) is 3.52. The third-order valence-corrected chi connectivity index (χ3v) is 5.90. The molecule has 0 aliphatic heterocycles. The Morgan fingerprint density at radius 2 is 1.33 bits per heavy atom. The van der Waals surface area contributed by atoms with Crippen molar-refractivity contribution in [1.29, 1.82) is 0 Å². The fourth-order valence-electron chi connectivity index (χ4n) is 4.29. The first kappa shape index (κ1) is 16.3. The van der Waals surface area contributed by atoms with E-state index in [0.29, 0.717) is 0 Å². The molecule has 1 aliphatic rings. The van der Waals surface area contributed by atoms with Crippen molar-refractivity contribution < 1.29 is 0 Å². The standard InChI is InChI=1S/C27H24/c1-27(2,3)22-15-21-11-7-13-24(26(21)17-22)23-12-6-10-20-14-18-8-4-5-9-19(18)16-25(20)23/h4-14,16-17H,15H2,1-3H3. The molecule has 0 atom stereocenters. The summed E-state index contributed by atoms with van der Waals surface area (Å²) in [6.07, 6.45) is 3.50. The molecule has 132 valence electrons. The molecular weight excluding hydrogens is 324 g/mol. The highest BCUT2D eigenvalue weighted by Gasteiger charge is 2.24. The molecule has 5 rings (SSSR count). The largest absolute Gasteiger partial charge is 0.0616 e. The van der Waals surface area contributed by atoms with E-state index < -0.39 is 0 Å². The number of fused-ring (bicyclic) bond motifs is 3. The molecule has 0 amide bonds. The van der Waals surface area contributed by atoms with Crippen molar-refractivity contribution in [2.75, 3.05) is 0 Å². The van der Waals surface area contributed by atoms with Gasteiger partial charge in [-0.3, -0.25) is 0 Å². The second kappa shape index (κ2) is 5.82. The van der Waals surface area contributed by atoms with E-state index in [0.717, 1.165) is 6.42 Å². The van der Waals surface area contributed by atoms with Gasteiger partial charge in [-0.05, 0) is 67.8 Å². The zero-order valence-electron chi connectivity index (χ0n) is 16.2. The van der Waals surface area contributed by atoms with Gasteiger partial charge in [-0.15, -0.1) is 0 Å². The van der Waals surface area contributed by atoms with Crippen LogP contribution in [0.5, 0.6) is 0 Å². The maximum Gasteiger partial charge on any atom is -0.00523 e. The summed E-state index contributed by atoms with van der Waals surface area (Å²) in [6, 6.07) is 26.8. The molecular formula is C27H24. The van der Waals surface area contributed by atoms with E-state index in [1.54, 1.807) is 0 Å². The number of hydrogen-bond donors (Lipinski definition) is 0. The van der Waals surface area contributed by atoms with Crippen molar-refractivity contribution in [3.05, 3.63) is 89.5 Å². The van der Waals surface area contributed by atoms with Crippen LogP contribution >= 0.6 is 0 Å². The lowest BCUT2D eigenvalue weighted by molar-refractivity contribution is 0.498. The van der Waals surface area contributed by atoms with Crippen molar-refractivity contribution in [2.45, 2.75) is 27.2 Å². The summed E-state index contributed by atoms with van der Waals surface area (Å²) in [4.78, 5) is 0. The minimum atomic E-state index is 0.214. The summed E-state index contributed by atoms with van der Waals surface area (Å²) in [5, 5.41) is 5.25.